The van der Waals surface area contributed by atoms with Crippen LogP contribution >= 0.6 is 34.8 Å². The van der Waals surface area contributed by atoms with E-state index in [9.17, 15) is 9.90 Å². The number of hydrogen-bond acceptors (Lipinski definition) is 4. The summed E-state index contributed by atoms with van der Waals surface area (Å²) in [7, 11) is 1.20. The minimum atomic E-state index is -1.66. The van der Waals surface area contributed by atoms with Crippen LogP contribution in [0.1, 0.15) is 6.92 Å². The molecule has 0 aliphatic rings. The molecule has 7 heteroatoms. The first-order chi connectivity index (χ1) is 8.27. The van der Waals surface area contributed by atoms with Gasteiger partial charge in [-0.2, -0.15) is 0 Å². The first-order valence-corrected chi connectivity index (χ1v) is 6.10. The van der Waals surface area contributed by atoms with Gasteiger partial charge in [-0.25, -0.2) is 4.79 Å². The number of anilines is 1. The fourth-order valence-corrected chi connectivity index (χ4v) is 1.83. The van der Waals surface area contributed by atoms with Crippen molar-refractivity contribution in [2.45, 2.75) is 12.5 Å². The summed E-state index contributed by atoms with van der Waals surface area (Å²) in [4.78, 5) is 11.3. The number of rotatable bonds is 4. The number of nitrogens with one attached hydrogen (secondary N) is 1. The third-order valence-electron chi connectivity index (χ3n) is 2.26. The molecular formula is C11H12Cl3NO3. The van der Waals surface area contributed by atoms with Crippen LogP contribution in [0.2, 0.25) is 15.1 Å². The minimum absolute atomic E-state index is 0.0721. The van der Waals surface area contributed by atoms with E-state index in [4.69, 9.17) is 34.8 Å². The van der Waals surface area contributed by atoms with Crippen molar-refractivity contribution < 1.29 is 14.6 Å². The number of benzene rings is 1. The Kier molecular flexibility index (Phi) is 5.10. The van der Waals surface area contributed by atoms with E-state index >= 15 is 0 Å². The summed E-state index contributed by atoms with van der Waals surface area (Å²) in [6.45, 7) is 1.26. The van der Waals surface area contributed by atoms with Crippen molar-refractivity contribution >= 4 is 46.5 Å². The van der Waals surface area contributed by atoms with E-state index in [1.54, 1.807) is 0 Å². The quantitative estimate of drug-likeness (QED) is 0.663. The summed E-state index contributed by atoms with van der Waals surface area (Å²) in [6, 6.07) is 2.99. The van der Waals surface area contributed by atoms with Gasteiger partial charge in [0.15, 0.2) is 5.60 Å². The SMILES string of the molecule is COC(=O)C(C)(O)CNc1cc(Cl)c(Cl)cc1Cl. The molecule has 0 radical (unpaired) electrons. The summed E-state index contributed by atoms with van der Waals surface area (Å²) >= 11 is 17.6. The zero-order valence-electron chi connectivity index (χ0n) is 9.76. The molecule has 1 rings (SSSR count). The lowest BCUT2D eigenvalue weighted by atomic mass is 10.1. The Morgan fingerprint density at radius 1 is 1.33 bits per heavy atom. The summed E-state index contributed by atoms with van der Waals surface area (Å²) in [5, 5.41) is 13.6. The molecule has 0 heterocycles. The molecule has 0 spiro atoms. The molecule has 100 valence electrons. The van der Waals surface area contributed by atoms with Crippen molar-refractivity contribution in [3.63, 3.8) is 0 Å². The lowest BCUT2D eigenvalue weighted by molar-refractivity contribution is -0.158. The third-order valence-corrected chi connectivity index (χ3v) is 3.29. The molecule has 1 atom stereocenters. The summed E-state index contributed by atoms with van der Waals surface area (Å²) in [5.41, 5.74) is -1.19. The van der Waals surface area contributed by atoms with Gasteiger partial charge in [0.1, 0.15) is 0 Å². The standard InChI is InChI=1S/C11H12Cl3NO3/c1-11(17,10(16)18-2)5-15-9-4-7(13)6(12)3-8(9)14/h3-4,15,17H,5H2,1-2H3. The van der Waals surface area contributed by atoms with Crippen LogP contribution in [-0.2, 0) is 9.53 Å². The second-order valence-electron chi connectivity index (χ2n) is 3.87. The molecule has 0 fully saturated rings. The first kappa shape index (κ1) is 15.4. The zero-order chi connectivity index (χ0) is 13.9. The minimum Gasteiger partial charge on any atom is -0.467 e. The van der Waals surface area contributed by atoms with Gasteiger partial charge in [0.05, 0.1) is 34.4 Å². The van der Waals surface area contributed by atoms with Crippen molar-refractivity contribution in [1.82, 2.24) is 0 Å². The first-order valence-electron chi connectivity index (χ1n) is 4.97. The summed E-state index contributed by atoms with van der Waals surface area (Å²) < 4.78 is 4.47. The van der Waals surface area contributed by atoms with Crippen molar-refractivity contribution in [1.29, 1.82) is 0 Å². The molecular weight excluding hydrogens is 300 g/mol. The highest BCUT2D eigenvalue weighted by atomic mass is 35.5. The maximum atomic E-state index is 11.3. The molecule has 0 aliphatic carbocycles. The molecule has 0 amide bonds. The van der Waals surface area contributed by atoms with Crippen LogP contribution in [0.15, 0.2) is 12.1 Å². The normalized spacial score (nSPS) is 13.9. The van der Waals surface area contributed by atoms with E-state index in [1.165, 1.54) is 26.2 Å². The van der Waals surface area contributed by atoms with Gasteiger partial charge in [0.2, 0.25) is 0 Å². The van der Waals surface area contributed by atoms with Crippen LogP contribution in [0.4, 0.5) is 5.69 Å². The number of ether oxygens (including phenoxy) is 1. The van der Waals surface area contributed by atoms with Crippen LogP contribution in [0.5, 0.6) is 0 Å². The van der Waals surface area contributed by atoms with E-state index in [0.29, 0.717) is 20.8 Å². The summed E-state index contributed by atoms with van der Waals surface area (Å²) in [5.74, 6) is -0.744. The Bertz CT molecular complexity index is 463. The lowest BCUT2D eigenvalue weighted by Crippen LogP contribution is -2.42. The lowest BCUT2D eigenvalue weighted by Gasteiger charge is -2.21. The van der Waals surface area contributed by atoms with E-state index in [-0.39, 0.29) is 6.54 Å². The predicted molar refractivity (Wildman–Crippen MR) is 72.6 cm³/mol. The van der Waals surface area contributed by atoms with Crippen LogP contribution in [0.3, 0.4) is 0 Å². The van der Waals surface area contributed by atoms with Crippen LogP contribution in [-0.4, -0.2) is 30.3 Å². The molecule has 0 aliphatic heterocycles. The van der Waals surface area contributed by atoms with Crippen LogP contribution in [0, 0.1) is 0 Å². The van der Waals surface area contributed by atoms with E-state index in [0.717, 1.165) is 0 Å². The third kappa shape index (κ3) is 3.65. The number of carbonyl (C=O) groups is 1. The number of hydrogen-bond donors (Lipinski definition) is 2. The maximum Gasteiger partial charge on any atom is 0.339 e. The van der Waals surface area contributed by atoms with Crippen molar-refractivity contribution in [3.8, 4) is 0 Å². The van der Waals surface area contributed by atoms with Gasteiger partial charge in [-0.15, -0.1) is 0 Å². The number of carbonyl (C=O) groups excluding carboxylic acids is 1. The van der Waals surface area contributed by atoms with Crippen molar-refractivity contribution in [3.05, 3.63) is 27.2 Å². The van der Waals surface area contributed by atoms with Gasteiger partial charge in [-0.1, -0.05) is 34.8 Å². The van der Waals surface area contributed by atoms with Crippen molar-refractivity contribution in [2.24, 2.45) is 0 Å². The van der Waals surface area contributed by atoms with E-state index < -0.39 is 11.6 Å². The van der Waals surface area contributed by atoms with Gasteiger partial charge in [-0.05, 0) is 19.1 Å². The zero-order valence-corrected chi connectivity index (χ0v) is 12.0. The van der Waals surface area contributed by atoms with Crippen LogP contribution < -0.4 is 5.32 Å². The smallest absolute Gasteiger partial charge is 0.339 e. The number of methoxy groups -OCH3 is 1. The highest BCUT2D eigenvalue weighted by Crippen LogP contribution is 2.32. The van der Waals surface area contributed by atoms with E-state index in [1.807, 2.05) is 0 Å². The Labute approximate surface area is 120 Å². The molecule has 4 nitrogen and oxygen atoms in total. The Morgan fingerprint density at radius 3 is 2.44 bits per heavy atom. The maximum absolute atomic E-state index is 11.3. The average Bonchev–Trinajstić information content (AvgIpc) is 2.31. The van der Waals surface area contributed by atoms with Gasteiger partial charge in [0, 0.05) is 0 Å². The largest absolute Gasteiger partial charge is 0.467 e. The molecule has 1 aromatic rings. The molecule has 0 aromatic heterocycles. The number of halogens is 3. The van der Waals surface area contributed by atoms with Gasteiger partial charge < -0.3 is 15.2 Å². The molecule has 2 N–H and O–H groups in total. The second kappa shape index (κ2) is 5.97. The Hall–Kier alpha value is -0.680. The molecule has 0 saturated heterocycles. The molecule has 1 aromatic carbocycles. The molecule has 0 saturated carbocycles. The highest BCUT2D eigenvalue weighted by molar-refractivity contribution is 6.44. The van der Waals surface area contributed by atoms with Gasteiger partial charge >= 0.3 is 5.97 Å². The monoisotopic (exact) mass is 311 g/mol. The van der Waals surface area contributed by atoms with Crippen molar-refractivity contribution in [2.75, 3.05) is 19.0 Å². The number of esters is 1. The fourth-order valence-electron chi connectivity index (χ4n) is 1.22. The topological polar surface area (TPSA) is 58.6 Å². The van der Waals surface area contributed by atoms with Gasteiger partial charge in [0.25, 0.3) is 0 Å². The fraction of sp³-hybridized carbons (Fsp3) is 0.364. The second-order valence-corrected chi connectivity index (χ2v) is 5.09. The average molecular weight is 313 g/mol. The molecule has 0 bridgehead atoms. The molecule has 1 unspecified atom stereocenters. The highest BCUT2D eigenvalue weighted by Gasteiger charge is 2.31. The van der Waals surface area contributed by atoms with Crippen LogP contribution in [0.25, 0.3) is 0 Å². The Balaban J connectivity index is 2.81. The summed E-state index contributed by atoms with van der Waals surface area (Å²) in [6.07, 6.45) is 0. The number of aliphatic hydroxyl groups is 1. The van der Waals surface area contributed by atoms with Gasteiger partial charge in [-0.3, -0.25) is 0 Å². The van der Waals surface area contributed by atoms with E-state index in [2.05, 4.69) is 10.1 Å². The molecule has 18 heavy (non-hydrogen) atoms. The predicted octanol–water partition coefficient (Wildman–Crippen LogP) is 2.98. The Morgan fingerprint density at radius 2 is 1.89 bits per heavy atom.